The zero-order chi connectivity index (χ0) is 21.1. The van der Waals surface area contributed by atoms with Crippen LogP contribution in [0.4, 0.5) is 5.69 Å². The van der Waals surface area contributed by atoms with Crippen molar-refractivity contribution in [3.8, 4) is 0 Å². The molecule has 2 N–H and O–H groups in total. The quantitative estimate of drug-likeness (QED) is 0.616. The Labute approximate surface area is 180 Å². The molecule has 0 atom stereocenters. The van der Waals surface area contributed by atoms with E-state index in [1.54, 1.807) is 6.20 Å². The van der Waals surface area contributed by atoms with Crippen molar-refractivity contribution in [2.45, 2.75) is 65.3 Å². The third-order valence-electron chi connectivity index (χ3n) is 7.61. The molecule has 0 saturated heterocycles. The molecule has 4 saturated carbocycles. The number of hydrogen-bond donors (Lipinski definition) is 2. The van der Waals surface area contributed by atoms with Gasteiger partial charge in [-0.25, -0.2) is 0 Å². The standard InChI is InChI=1S/C23H37N5O2/c1-3-27(4-2)7-8-28-16-20(15-25-28)26-21(29)5-6-24-22(30)23-12-17-9-18(13-23)11-19(10-17)14-23/h15-19H,3-14H2,1-2H3,(H,24,30)(H,26,29). The average Bonchev–Trinajstić information content (AvgIpc) is 3.15. The van der Waals surface area contributed by atoms with Crippen molar-refractivity contribution in [2.24, 2.45) is 23.2 Å². The molecule has 0 radical (unpaired) electrons. The van der Waals surface area contributed by atoms with Gasteiger partial charge in [-0.05, 0) is 69.4 Å². The Kier molecular flexibility index (Phi) is 6.46. The largest absolute Gasteiger partial charge is 0.355 e. The van der Waals surface area contributed by atoms with Gasteiger partial charge in [-0.15, -0.1) is 0 Å². The smallest absolute Gasteiger partial charge is 0.226 e. The Morgan fingerprint density at radius 2 is 1.77 bits per heavy atom. The van der Waals surface area contributed by atoms with Gasteiger partial charge in [0.25, 0.3) is 0 Å². The first-order valence-corrected chi connectivity index (χ1v) is 11.8. The first kappa shape index (κ1) is 21.3. The Bertz CT molecular complexity index is 719. The van der Waals surface area contributed by atoms with E-state index in [0.29, 0.717) is 18.7 Å². The van der Waals surface area contributed by atoms with Crippen LogP contribution in [0.3, 0.4) is 0 Å². The van der Waals surface area contributed by atoms with Gasteiger partial charge in [-0.2, -0.15) is 5.10 Å². The molecule has 0 spiro atoms. The van der Waals surface area contributed by atoms with Crippen molar-refractivity contribution >= 4 is 17.5 Å². The zero-order valence-corrected chi connectivity index (χ0v) is 18.5. The molecule has 4 aliphatic rings. The zero-order valence-electron chi connectivity index (χ0n) is 18.5. The number of nitrogens with zero attached hydrogens (tertiary/aromatic N) is 3. The number of amides is 2. The van der Waals surface area contributed by atoms with Crippen LogP contribution in [0.15, 0.2) is 12.4 Å². The highest BCUT2D eigenvalue weighted by atomic mass is 16.2. The van der Waals surface area contributed by atoms with Gasteiger partial charge in [0.2, 0.25) is 11.8 Å². The summed E-state index contributed by atoms with van der Waals surface area (Å²) in [7, 11) is 0. The lowest BCUT2D eigenvalue weighted by Gasteiger charge is -2.55. The first-order chi connectivity index (χ1) is 14.5. The maximum atomic E-state index is 13.0. The normalized spacial score (nSPS) is 29.4. The summed E-state index contributed by atoms with van der Waals surface area (Å²) in [6, 6.07) is 0. The van der Waals surface area contributed by atoms with Crippen molar-refractivity contribution < 1.29 is 9.59 Å². The molecular weight excluding hydrogens is 378 g/mol. The maximum Gasteiger partial charge on any atom is 0.226 e. The number of aromatic nitrogens is 2. The van der Waals surface area contributed by atoms with Crippen LogP contribution in [0.1, 0.15) is 58.8 Å². The fourth-order valence-corrected chi connectivity index (χ4v) is 6.42. The van der Waals surface area contributed by atoms with E-state index in [1.165, 1.54) is 19.3 Å². The van der Waals surface area contributed by atoms with Gasteiger partial charge in [0.15, 0.2) is 0 Å². The Morgan fingerprint density at radius 3 is 2.37 bits per heavy atom. The van der Waals surface area contributed by atoms with E-state index in [-0.39, 0.29) is 17.2 Å². The van der Waals surface area contributed by atoms with E-state index in [4.69, 9.17) is 0 Å². The Balaban J connectivity index is 1.19. The van der Waals surface area contributed by atoms with Gasteiger partial charge < -0.3 is 15.5 Å². The topological polar surface area (TPSA) is 79.3 Å². The Hall–Kier alpha value is -1.89. The highest BCUT2D eigenvalue weighted by Crippen LogP contribution is 2.60. The van der Waals surface area contributed by atoms with Crippen molar-refractivity contribution in [3.63, 3.8) is 0 Å². The summed E-state index contributed by atoms with van der Waals surface area (Å²) in [5.74, 6) is 2.37. The number of nitrogens with one attached hydrogen (secondary N) is 2. The second-order valence-electron chi connectivity index (χ2n) is 9.77. The summed E-state index contributed by atoms with van der Waals surface area (Å²) in [5, 5.41) is 10.3. The van der Waals surface area contributed by atoms with E-state index >= 15 is 0 Å². The lowest BCUT2D eigenvalue weighted by Crippen LogP contribution is -2.53. The summed E-state index contributed by atoms with van der Waals surface area (Å²) in [4.78, 5) is 27.6. The second kappa shape index (κ2) is 9.08. The van der Waals surface area contributed by atoms with Crippen molar-refractivity contribution in [1.29, 1.82) is 0 Å². The number of anilines is 1. The number of carbonyl (C=O) groups excluding carboxylic acids is 2. The molecule has 7 heteroatoms. The number of hydrogen-bond acceptors (Lipinski definition) is 4. The van der Waals surface area contributed by atoms with Gasteiger partial charge >= 0.3 is 0 Å². The van der Waals surface area contributed by atoms with Gasteiger partial charge in [-0.1, -0.05) is 13.8 Å². The minimum atomic E-state index is -0.142. The van der Waals surface area contributed by atoms with E-state index < -0.39 is 0 Å². The molecule has 5 rings (SSSR count). The van der Waals surface area contributed by atoms with Crippen LogP contribution in [-0.4, -0.2) is 52.7 Å². The fourth-order valence-electron chi connectivity index (χ4n) is 6.42. The summed E-state index contributed by atoms with van der Waals surface area (Å²) >= 11 is 0. The minimum absolute atomic E-state index is 0.0795. The molecule has 1 aromatic rings. The second-order valence-corrected chi connectivity index (χ2v) is 9.77. The van der Waals surface area contributed by atoms with Crippen LogP contribution in [0.25, 0.3) is 0 Å². The van der Waals surface area contributed by atoms with E-state index in [9.17, 15) is 9.59 Å². The molecule has 4 fully saturated rings. The van der Waals surface area contributed by atoms with Crippen LogP contribution in [0.2, 0.25) is 0 Å². The average molecular weight is 416 g/mol. The molecule has 7 nitrogen and oxygen atoms in total. The molecule has 4 aliphatic carbocycles. The fraction of sp³-hybridized carbons (Fsp3) is 0.783. The molecule has 0 unspecified atom stereocenters. The highest BCUT2D eigenvalue weighted by Gasteiger charge is 2.54. The summed E-state index contributed by atoms with van der Waals surface area (Å²) in [6.07, 6.45) is 11.0. The molecular formula is C23H37N5O2. The molecule has 1 heterocycles. The van der Waals surface area contributed by atoms with Crippen molar-refractivity contribution in [1.82, 2.24) is 20.0 Å². The molecule has 0 aliphatic heterocycles. The summed E-state index contributed by atoms with van der Waals surface area (Å²) < 4.78 is 1.86. The van der Waals surface area contributed by atoms with Crippen molar-refractivity contribution in [2.75, 3.05) is 31.5 Å². The molecule has 30 heavy (non-hydrogen) atoms. The molecule has 166 valence electrons. The Morgan fingerprint density at radius 1 is 1.13 bits per heavy atom. The van der Waals surface area contributed by atoms with Crippen LogP contribution >= 0.6 is 0 Å². The highest BCUT2D eigenvalue weighted by molar-refractivity contribution is 5.91. The van der Waals surface area contributed by atoms with Crippen LogP contribution in [0.5, 0.6) is 0 Å². The third-order valence-corrected chi connectivity index (χ3v) is 7.61. The lowest BCUT2D eigenvalue weighted by molar-refractivity contribution is -0.146. The number of rotatable bonds is 10. The number of likely N-dealkylation sites (N-methyl/N-ethyl adjacent to an activating group) is 1. The predicted octanol–water partition coefficient (Wildman–Crippen LogP) is 2.89. The van der Waals surface area contributed by atoms with E-state index in [1.807, 2.05) is 10.9 Å². The predicted molar refractivity (Wildman–Crippen MR) is 117 cm³/mol. The van der Waals surface area contributed by atoms with Crippen LogP contribution in [0, 0.1) is 23.2 Å². The molecule has 0 aromatic carbocycles. The van der Waals surface area contributed by atoms with Crippen molar-refractivity contribution in [3.05, 3.63) is 12.4 Å². The monoisotopic (exact) mass is 415 g/mol. The third kappa shape index (κ3) is 4.71. The number of carbonyl (C=O) groups is 2. The maximum absolute atomic E-state index is 13.0. The van der Waals surface area contributed by atoms with Gasteiger partial charge in [-0.3, -0.25) is 14.3 Å². The molecule has 4 bridgehead atoms. The van der Waals surface area contributed by atoms with Gasteiger partial charge in [0, 0.05) is 31.1 Å². The minimum Gasteiger partial charge on any atom is -0.355 e. The SMILES string of the molecule is CCN(CC)CCn1cc(NC(=O)CCNC(=O)C23CC4CC(CC(C4)C2)C3)cn1. The van der Waals surface area contributed by atoms with Gasteiger partial charge in [0.05, 0.1) is 18.4 Å². The summed E-state index contributed by atoms with van der Waals surface area (Å²) in [5.41, 5.74) is 0.573. The molecule has 2 amide bonds. The first-order valence-electron chi connectivity index (χ1n) is 11.8. The molecule has 1 aromatic heterocycles. The van der Waals surface area contributed by atoms with Crippen LogP contribution < -0.4 is 10.6 Å². The summed E-state index contributed by atoms with van der Waals surface area (Å²) in [6.45, 7) is 8.51. The van der Waals surface area contributed by atoms with E-state index in [2.05, 4.69) is 34.5 Å². The lowest BCUT2D eigenvalue weighted by atomic mass is 9.49. The van der Waals surface area contributed by atoms with Crippen LogP contribution in [-0.2, 0) is 16.1 Å². The van der Waals surface area contributed by atoms with E-state index in [0.717, 1.165) is 63.2 Å². The van der Waals surface area contributed by atoms with Gasteiger partial charge in [0.1, 0.15) is 0 Å².